The fraction of sp³-hybridized carbons (Fsp3) is 0.871. The predicted octanol–water partition coefficient (Wildman–Crippen LogP) is 8.05. The Labute approximate surface area is 203 Å². The topological polar surface area (TPSA) is 34.1 Å². The van der Waals surface area contributed by atoms with Gasteiger partial charge in [-0.25, -0.2) is 0 Å². The molecule has 0 aromatic carbocycles. The van der Waals surface area contributed by atoms with Gasteiger partial charge in [0.1, 0.15) is 12.6 Å². The Kier molecular flexibility index (Phi) is 7.62. The van der Waals surface area contributed by atoms with Crippen LogP contribution in [0.1, 0.15) is 112 Å². The van der Waals surface area contributed by atoms with Crippen molar-refractivity contribution in [3.63, 3.8) is 0 Å². The van der Waals surface area contributed by atoms with Gasteiger partial charge < -0.3 is 9.59 Å². The Hall–Kier alpha value is -0.920. The molecule has 0 radical (unpaired) electrons. The van der Waals surface area contributed by atoms with Crippen LogP contribution in [0.2, 0.25) is 0 Å². The molecular formula is C31H50O2. The summed E-state index contributed by atoms with van der Waals surface area (Å²) in [5, 5.41) is 0. The highest BCUT2D eigenvalue weighted by Crippen LogP contribution is 2.67. The van der Waals surface area contributed by atoms with Gasteiger partial charge in [-0.3, -0.25) is 0 Å². The number of fused-ring (bicyclic) bond motifs is 5. The van der Waals surface area contributed by atoms with Gasteiger partial charge in [0, 0.05) is 12.3 Å². The van der Waals surface area contributed by atoms with Gasteiger partial charge in [-0.1, -0.05) is 65.5 Å². The molecule has 4 rings (SSSR count). The van der Waals surface area contributed by atoms with Gasteiger partial charge in [-0.05, 0) is 104 Å². The van der Waals surface area contributed by atoms with Gasteiger partial charge in [0.05, 0.1) is 0 Å². The second-order valence-corrected chi connectivity index (χ2v) is 13.5. The number of aldehydes is 2. The van der Waals surface area contributed by atoms with Crippen molar-refractivity contribution in [2.24, 2.45) is 58.2 Å². The molecule has 0 aromatic heterocycles. The van der Waals surface area contributed by atoms with Gasteiger partial charge in [-0.2, -0.15) is 0 Å². The van der Waals surface area contributed by atoms with E-state index in [2.05, 4.69) is 40.7 Å². The monoisotopic (exact) mass is 454 g/mol. The standard InChI is InChI=1S/C31H50O2/c1-21(2)7-6-8-22(3)27-11-12-28-26-10-9-25-19-23(24(20-33)15-18-32)13-16-30(25,4)29(26)14-17-31(27,28)5/h9,18,20-24,26-29H,6-8,10-17,19H2,1-5H3/t22-,23?,24?,26?,27-,28?,29?,30+,31-/m1/s1. The molecule has 0 aliphatic heterocycles. The molecule has 5 unspecified atom stereocenters. The SMILES string of the molecule is CC(C)CCC[C@@H](C)[C@H]1CCC2C3CC=C4CC(C(C=O)CC=O)CC[C@]4(C)C3CC[C@@]21C. The van der Waals surface area contributed by atoms with Crippen LogP contribution < -0.4 is 0 Å². The number of allylic oxidation sites excluding steroid dienone is 2. The lowest BCUT2D eigenvalue weighted by molar-refractivity contribution is -0.117. The van der Waals surface area contributed by atoms with Crippen molar-refractivity contribution in [2.75, 3.05) is 0 Å². The molecule has 33 heavy (non-hydrogen) atoms. The average molecular weight is 455 g/mol. The zero-order valence-electron chi connectivity index (χ0n) is 22.2. The number of carbonyl (C=O) groups excluding carboxylic acids is 2. The molecule has 4 aliphatic carbocycles. The minimum atomic E-state index is -0.0758. The molecule has 2 nitrogen and oxygen atoms in total. The van der Waals surface area contributed by atoms with Gasteiger partial charge in [-0.15, -0.1) is 0 Å². The summed E-state index contributed by atoms with van der Waals surface area (Å²) in [6.45, 7) is 12.5. The molecule has 3 saturated carbocycles. The molecule has 0 amide bonds. The number of carbonyl (C=O) groups is 2. The van der Waals surface area contributed by atoms with Crippen molar-refractivity contribution in [3.05, 3.63) is 11.6 Å². The predicted molar refractivity (Wildman–Crippen MR) is 137 cm³/mol. The van der Waals surface area contributed by atoms with Gasteiger partial charge in [0.2, 0.25) is 0 Å². The first-order valence-corrected chi connectivity index (χ1v) is 14.3. The lowest BCUT2D eigenvalue weighted by atomic mass is 9.46. The van der Waals surface area contributed by atoms with Crippen LogP contribution in [0.15, 0.2) is 11.6 Å². The second-order valence-electron chi connectivity index (χ2n) is 13.5. The molecule has 9 atom stereocenters. The second kappa shape index (κ2) is 9.98. The summed E-state index contributed by atoms with van der Waals surface area (Å²) >= 11 is 0. The summed E-state index contributed by atoms with van der Waals surface area (Å²) in [7, 11) is 0. The third-order valence-electron chi connectivity index (χ3n) is 11.5. The molecule has 0 heterocycles. The maximum absolute atomic E-state index is 11.6. The Bertz CT molecular complexity index is 737. The van der Waals surface area contributed by atoms with E-state index in [1.54, 1.807) is 5.57 Å². The molecule has 2 heteroatoms. The summed E-state index contributed by atoms with van der Waals surface area (Å²) in [5.41, 5.74) is 2.51. The fourth-order valence-corrected chi connectivity index (χ4v) is 9.55. The lowest BCUT2D eigenvalue weighted by Gasteiger charge is -2.59. The Morgan fingerprint density at radius 2 is 1.79 bits per heavy atom. The quantitative estimate of drug-likeness (QED) is 0.261. The van der Waals surface area contributed by atoms with E-state index in [1.165, 1.54) is 57.8 Å². The highest BCUT2D eigenvalue weighted by molar-refractivity contribution is 5.62. The zero-order chi connectivity index (χ0) is 23.8. The highest BCUT2D eigenvalue weighted by Gasteiger charge is 2.59. The van der Waals surface area contributed by atoms with E-state index >= 15 is 0 Å². The van der Waals surface area contributed by atoms with Crippen LogP contribution in [-0.2, 0) is 9.59 Å². The molecule has 4 aliphatic rings. The molecule has 0 N–H and O–H groups in total. The Morgan fingerprint density at radius 1 is 1.00 bits per heavy atom. The number of hydrogen-bond donors (Lipinski definition) is 0. The van der Waals surface area contributed by atoms with Crippen molar-refractivity contribution in [2.45, 2.75) is 112 Å². The Morgan fingerprint density at radius 3 is 2.48 bits per heavy atom. The average Bonchev–Trinajstić information content (AvgIpc) is 3.14. The van der Waals surface area contributed by atoms with E-state index in [9.17, 15) is 9.59 Å². The summed E-state index contributed by atoms with van der Waals surface area (Å²) in [6.07, 6.45) is 19.6. The van der Waals surface area contributed by atoms with E-state index < -0.39 is 0 Å². The first kappa shape index (κ1) is 25.2. The van der Waals surface area contributed by atoms with Crippen LogP contribution in [0.4, 0.5) is 0 Å². The van der Waals surface area contributed by atoms with Crippen molar-refractivity contribution in [3.8, 4) is 0 Å². The van der Waals surface area contributed by atoms with E-state index in [0.29, 0.717) is 23.2 Å². The summed E-state index contributed by atoms with van der Waals surface area (Å²) in [4.78, 5) is 22.7. The first-order chi connectivity index (χ1) is 15.7. The maximum atomic E-state index is 11.6. The van der Waals surface area contributed by atoms with Crippen molar-refractivity contribution in [1.29, 1.82) is 0 Å². The van der Waals surface area contributed by atoms with Crippen LogP contribution in [0.3, 0.4) is 0 Å². The first-order valence-electron chi connectivity index (χ1n) is 14.3. The van der Waals surface area contributed by atoms with Crippen LogP contribution in [0, 0.1) is 58.2 Å². The summed E-state index contributed by atoms with van der Waals surface area (Å²) in [5.74, 6) is 5.51. The minimum Gasteiger partial charge on any atom is -0.303 e. The molecule has 3 fully saturated rings. The van der Waals surface area contributed by atoms with E-state index in [0.717, 1.165) is 60.9 Å². The highest BCUT2D eigenvalue weighted by atomic mass is 16.1. The lowest BCUT2D eigenvalue weighted by Crippen LogP contribution is -2.50. The molecule has 0 bridgehead atoms. The molecule has 0 saturated heterocycles. The smallest absolute Gasteiger partial charge is 0.123 e. The van der Waals surface area contributed by atoms with Crippen molar-refractivity contribution in [1.82, 2.24) is 0 Å². The largest absolute Gasteiger partial charge is 0.303 e. The normalized spacial score (nSPS) is 42.0. The van der Waals surface area contributed by atoms with Crippen LogP contribution in [0.5, 0.6) is 0 Å². The fourth-order valence-electron chi connectivity index (χ4n) is 9.55. The molecule has 0 aromatic rings. The van der Waals surface area contributed by atoms with Crippen LogP contribution >= 0.6 is 0 Å². The van der Waals surface area contributed by atoms with Gasteiger partial charge in [0.25, 0.3) is 0 Å². The molecular weight excluding hydrogens is 404 g/mol. The number of hydrogen-bond acceptors (Lipinski definition) is 2. The third-order valence-corrected chi connectivity index (χ3v) is 11.5. The van der Waals surface area contributed by atoms with Crippen LogP contribution in [0.25, 0.3) is 0 Å². The van der Waals surface area contributed by atoms with Crippen molar-refractivity contribution < 1.29 is 9.59 Å². The zero-order valence-corrected chi connectivity index (χ0v) is 22.2. The molecule has 186 valence electrons. The minimum absolute atomic E-state index is 0.0758. The summed E-state index contributed by atoms with van der Waals surface area (Å²) < 4.78 is 0. The third kappa shape index (κ3) is 4.54. The Balaban J connectivity index is 1.47. The van der Waals surface area contributed by atoms with Gasteiger partial charge in [0.15, 0.2) is 0 Å². The molecule has 0 spiro atoms. The van der Waals surface area contributed by atoms with Gasteiger partial charge >= 0.3 is 0 Å². The van der Waals surface area contributed by atoms with E-state index in [-0.39, 0.29) is 5.92 Å². The van der Waals surface area contributed by atoms with Crippen molar-refractivity contribution >= 4 is 12.6 Å². The van der Waals surface area contributed by atoms with E-state index in [4.69, 9.17) is 0 Å². The van der Waals surface area contributed by atoms with Crippen LogP contribution in [-0.4, -0.2) is 12.6 Å². The summed E-state index contributed by atoms with van der Waals surface area (Å²) in [6, 6.07) is 0. The maximum Gasteiger partial charge on any atom is 0.123 e. The number of rotatable bonds is 9. The van der Waals surface area contributed by atoms with E-state index in [1.807, 2.05) is 0 Å².